The van der Waals surface area contributed by atoms with E-state index < -0.39 is 17.6 Å². The van der Waals surface area contributed by atoms with Crippen LogP contribution in [0.1, 0.15) is 28.8 Å². The van der Waals surface area contributed by atoms with Gasteiger partial charge in [0.05, 0.1) is 0 Å². The lowest BCUT2D eigenvalue weighted by Gasteiger charge is -2.23. The Kier molecular flexibility index (Phi) is 4.12. The number of hydrogen-bond donors (Lipinski definition) is 2. The van der Waals surface area contributed by atoms with Gasteiger partial charge in [0, 0.05) is 24.2 Å². The molecule has 0 bridgehead atoms. The van der Waals surface area contributed by atoms with E-state index in [1.807, 2.05) is 30.3 Å². The maximum Gasteiger partial charge on any atom is 0.248 e. The van der Waals surface area contributed by atoms with Gasteiger partial charge in [-0.3, -0.25) is 9.59 Å². The van der Waals surface area contributed by atoms with Gasteiger partial charge in [0.1, 0.15) is 11.5 Å². The van der Waals surface area contributed by atoms with E-state index in [0.29, 0.717) is 43.0 Å². The van der Waals surface area contributed by atoms with Gasteiger partial charge < -0.3 is 20.5 Å². The average molecular weight is 352 g/mol. The number of para-hydroxylation sites is 1. The number of benzene rings is 2. The number of hydrogen-bond acceptors (Lipinski definition) is 5. The summed E-state index contributed by atoms with van der Waals surface area (Å²) in [6.45, 7) is 0.948. The van der Waals surface area contributed by atoms with Crippen LogP contribution in [0, 0.1) is 0 Å². The lowest BCUT2D eigenvalue weighted by molar-refractivity contribution is -0.134. The van der Waals surface area contributed by atoms with Crippen molar-refractivity contribution >= 4 is 11.7 Å². The van der Waals surface area contributed by atoms with E-state index in [1.54, 1.807) is 18.2 Å². The summed E-state index contributed by atoms with van der Waals surface area (Å²) < 4.78 is 12.0. The van der Waals surface area contributed by atoms with Gasteiger partial charge in [-0.25, -0.2) is 0 Å². The van der Waals surface area contributed by atoms with Crippen molar-refractivity contribution in [3.05, 3.63) is 59.7 Å². The van der Waals surface area contributed by atoms with Crippen molar-refractivity contribution in [2.24, 2.45) is 5.73 Å². The fraction of sp³-hybridized carbons (Fsp3) is 0.300. The third-order valence-electron chi connectivity index (χ3n) is 4.77. The van der Waals surface area contributed by atoms with E-state index in [2.05, 4.69) is 5.32 Å². The normalized spacial score (nSPS) is 20.2. The number of nitrogens with two attached hydrogens (primary N) is 1. The third kappa shape index (κ3) is 3.15. The molecule has 2 aromatic carbocycles. The highest BCUT2D eigenvalue weighted by atomic mass is 16.5. The molecule has 0 saturated heterocycles. The Morgan fingerprint density at radius 3 is 2.62 bits per heavy atom. The van der Waals surface area contributed by atoms with Crippen LogP contribution < -0.4 is 20.5 Å². The number of carbonyl (C=O) groups excluding carboxylic acids is 2. The molecular formula is C20H20N2O4. The Bertz CT molecular complexity index is 846. The highest BCUT2D eigenvalue weighted by Gasteiger charge is 2.55. The minimum absolute atomic E-state index is 0.0776. The van der Waals surface area contributed by atoms with Crippen molar-refractivity contribution in [3.8, 4) is 11.5 Å². The molecule has 3 N–H and O–H groups in total. The topological polar surface area (TPSA) is 90.7 Å². The van der Waals surface area contributed by atoms with Gasteiger partial charge in [-0.05, 0) is 37.1 Å². The van der Waals surface area contributed by atoms with Gasteiger partial charge in [-0.2, -0.15) is 0 Å². The highest BCUT2D eigenvalue weighted by Crippen LogP contribution is 2.42. The summed E-state index contributed by atoms with van der Waals surface area (Å²) in [7, 11) is 0. The molecular weight excluding hydrogens is 332 g/mol. The van der Waals surface area contributed by atoms with Gasteiger partial charge in [0.2, 0.25) is 11.7 Å². The van der Waals surface area contributed by atoms with Gasteiger partial charge in [-0.15, -0.1) is 0 Å². The van der Waals surface area contributed by atoms with Crippen molar-refractivity contribution in [1.29, 1.82) is 0 Å². The van der Waals surface area contributed by atoms with Gasteiger partial charge in [0.25, 0.3) is 0 Å². The number of fused-ring (bicyclic) bond motifs is 1. The van der Waals surface area contributed by atoms with Crippen LogP contribution in [-0.4, -0.2) is 29.9 Å². The van der Waals surface area contributed by atoms with Crippen LogP contribution in [0.5, 0.6) is 11.5 Å². The molecule has 26 heavy (non-hydrogen) atoms. The predicted molar refractivity (Wildman–Crippen MR) is 95.1 cm³/mol. The van der Waals surface area contributed by atoms with E-state index in [4.69, 9.17) is 15.2 Å². The second-order valence-corrected chi connectivity index (χ2v) is 6.70. The molecule has 2 aliphatic rings. The maximum atomic E-state index is 13.1. The monoisotopic (exact) mass is 352 g/mol. The zero-order valence-corrected chi connectivity index (χ0v) is 14.2. The first-order chi connectivity index (χ1) is 12.6. The number of primary amides is 1. The molecule has 1 aliphatic carbocycles. The molecule has 1 heterocycles. The Balaban J connectivity index is 1.55. The Labute approximate surface area is 151 Å². The molecule has 0 radical (unpaired) electrons. The smallest absolute Gasteiger partial charge is 0.248 e. The Hall–Kier alpha value is -2.86. The number of Topliss-reactive ketones (excluding diaryl/α,β-unsaturated/α-hetero) is 1. The standard InChI is InChI=1S/C20H20N2O4/c21-19(24)13-6-7-14-11-22-12-17(25-16(14)10-13)18(23)20(8-9-20)26-15-4-2-1-3-5-15/h1-7,10,17,22H,8-9,11-12H2,(H2,21,24). The zero-order chi connectivity index (χ0) is 18.1. The fourth-order valence-electron chi connectivity index (χ4n) is 3.16. The zero-order valence-electron chi connectivity index (χ0n) is 14.2. The van der Waals surface area contributed by atoms with E-state index in [9.17, 15) is 9.59 Å². The summed E-state index contributed by atoms with van der Waals surface area (Å²) in [6, 6.07) is 14.4. The maximum absolute atomic E-state index is 13.1. The van der Waals surface area contributed by atoms with Crippen molar-refractivity contribution in [1.82, 2.24) is 5.32 Å². The lowest BCUT2D eigenvalue weighted by atomic mass is 10.1. The SMILES string of the molecule is NC(=O)c1ccc2c(c1)OC(C(=O)C1(Oc3ccccc3)CC1)CNC2. The molecule has 1 fully saturated rings. The van der Waals surface area contributed by atoms with Crippen LogP contribution in [0.25, 0.3) is 0 Å². The molecule has 0 aromatic heterocycles. The number of nitrogens with one attached hydrogen (secondary N) is 1. The average Bonchev–Trinajstić information content (AvgIpc) is 3.44. The molecule has 2 aromatic rings. The van der Waals surface area contributed by atoms with Gasteiger partial charge in [-0.1, -0.05) is 24.3 Å². The minimum Gasteiger partial charge on any atom is -0.481 e. The first-order valence-corrected chi connectivity index (χ1v) is 8.66. The van der Waals surface area contributed by atoms with Crippen molar-refractivity contribution in [3.63, 3.8) is 0 Å². The fourth-order valence-corrected chi connectivity index (χ4v) is 3.16. The van der Waals surface area contributed by atoms with Crippen LogP contribution in [0.3, 0.4) is 0 Å². The number of ether oxygens (including phenoxy) is 2. The summed E-state index contributed by atoms with van der Waals surface area (Å²) in [5, 5.41) is 3.23. The van der Waals surface area contributed by atoms with Crippen LogP contribution in [0.2, 0.25) is 0 Å². The number of ketones is 1. The number of amides is 1. The first-order valence-electron chi connectivity index (χ1n) is 8.66. The summed E-state index contributed by atoms with van der Waals surface area (Å²) in [5.41, 5.74) is 5.78. The number of rotatable bonds is 5. The van der Waals surface area contributed by atoms with Crippen molar-refractivity contribution in [2.75, 3.05) is 6.54 Å². The second kappa shape index (κ2) is 6.46. The molecule has 6 nitrogen and oxygen atoms in total. The summed E-state index contributed by atoms with van der Waals surface area (Å²) in [6.07, 6.45) is 0.675. The van der Waals surface area contributed by atoms with Crippen LogP contribution >= 0.6 is 0 Å². The minimum atomic E-state index is -0.820. The van der Waals surface area contributed by atoms with Crippen molar-refractivity contribution in [2.45, 2.75) is 31.1 Å². The van der Waals surface area contributed by atoms with Crippen LogP contribution in [-0.2, 0) is 11.3 Å². The molecule has 1 unspecified atom stereocenters. The highest BCUT2D eigenvalue weighted by molar-refractivity contribution is 5.95. The largest absolute Gasteiger partial charge is 0.481 e. The number of carbonyl (C=O) groups is 2. The summed E-state index contributed by atoms with van der Waals surface area (Å²) >= 11 is 0. The third-order valence-corrected chi connectivity index (χ3v) is 4.77. The summed E-state index contributed by atoms with van der Waals surface area (Å²) in [5.74, 6) is 0.588. The molecule has 1 atom stereocenters. The van der Waals surface area contributed by atoms with E-state index in [0.717, 1.165) is 5.56 Å². The van der Waals surface area contributed by atoms with E-state index >= 15 is 0 Å². The molecule has 1 saturated carbocycles. The van der Waals surface area contributed by atoms with E-state index in [1.165, 1.54) is 0 Å². The predicted octanol–water partition coefficient (Wildman–Crippen LogP) is 1.82. The molecule has 0 spiro atoms. The second-order valence-electron chi connectivity index (χ2n) is 6.70. The molecule has 4 rings (SSSR count). The lowest BCUT2D eigenvalue weighted by Crippen LogP contribution is -2.45. The first kappa shape index (κ1) is 16.6. The quantitative estimate of drug-likeness (QED) is 0.857. The van der Waals surface area contributed by atoms with Gasteiger partial charge in [0.15, 0.2) is 11.7 Å². The van der Waals surface area contributed by atoms with Crippen LogP contribution in [0.4, 0.5) is 0 Å². The van der Waals surface area contributed by atoms with Gasteiger partial charge >= 0.3 is 0 Å². The molecule has 1 aliphatic heterocycles. The Morgan fingerprint density at radius 1 is 1.15 bits per heavy atom. The molecule has 134 valence electrons. The van der Waals surface area contributed by atoms with Crippen molar-refractivity contribution < 1.29 is 19.1 Å². The molecule has 6 heteroatoms. The summed E-state index contributed by atoms with van der Waals surface area (Å²) in [4.78, 5) is 24.5. The molecule has 1 amide bonds. The van der Waals surface area contributed by atoms with E-state index in [-0.39, 0.29) is 5.78 Å². The van der Waals surface area contributed by atoms with Crippen LogP contribution in [0.15, 0.2) is 48.5 Å². The Morgan fingerprint density at radius 2 is 1.92 bits per heavy atom.